The smallest absolute Gasteiger partial charge is 0.0542 e. The van der Waals surface area contributed by atoms with Gasteiger partial charge in [0.2, 0.25) is 0 Å². The zero-order valence-electron chi connectivity index (χ0n) is 8.64. The maximum atomic E-state index is 9.48. The van der Waals surface area contributed by atoms with Crippen LogP contribution in [0.25, 0.3) is 0 Å². The Morgan fingerprint density at radius 1 is 1.25 bits per heavy atom. The highest BCUT2D eigenvalue weighted by Gasteiger charge is 2.24. The van der Waals surface area contributed by atoms with Crippen LogP contribution in [0.5, 0.6) is 0 Å². The van der Waals surface area contributed by atoms with Gasteiger partial charge in [0.05, 0.1) is 6.10 Å². The number of aliphatic hydroxyl groups excluding tert-OH is 1. The zero-order valence-corrected chi connectivity index (χ0v) is 8.64. The molecular formula is C11H22O. The second kappa shape index (κ2) is 3.78. The molecule has 1 fully saturated rings. The third-order valence-corrected chi connectivity index (χ3v) is 2.66. The molecule has 0 bridgehead atoms. The number of hydrogen-bond donors (Lipinski definition) is 1. The predicted molar refractivity (Wildman–Crippen MR) is 52.0 cm³/mol. The summed E-state index contributed by atoms with van der Waals surface area (Å²) in [5.74, 6) is 0.772. The first kappa shape index (κ1) is 10.0. The van der Waals surface area contributed by atoms with Gasteiger partial charge in [-0.05, 0) is 30.6 Å². The van der Waals surface area contributed by atoms with Crippen LogP contribution < -0.4 is 0 Å². The molecule has 2 atom stereocenters. The summed E-state index contributed by atoms with van der Waals surface area (Å²) in [7, 11) is 0. The molecule has 1 aliphatic rings. The van der Waals surface area contributed by atoms with Crippen molar-refractivity contribution in [3.63, 3.8) is 0 Å². The Bertz CT molecular complexity index is 134. The minimum Gasteiger partial charge on any atom is -0.393 e. The molecular weight excluding hydrogens is 148 g/mol. The molecule has 0 aliphatic heterocycles. The lowest BCUT2D eigenvalue weighted by Crippen LogP contribution is -2.23. The van der Waals surface area contributed by atoms with Gasteiger partial charge >= 0.3 is 0 Å². The van der Waals surface area contributed by atoms with Gasteiger partial charge in [0.25, 0.3) is 0 Å². The molecule has 0 spiro atoms. The second-order valence-corrected chi connectivity index (χ2v) is 5.45. The molecule has 1 saturated carbocycles. The molecule has 1 rings (SSSR count). The van der Waals surface area contributed by atoms with Crippen LogP contribution in [-0.4, -0.2) is 11.2 Å². The van der Waals surface area contributed by atoms with Crippen molar-refractivity contribution < 1.29 is 5.11 Å². The molecule has 72 valence electrons. The van der Waals surface area contributed by atoms with Crippen molar-refractivity contribution in [2.24, 2.45) is 11.3 Å². The van der Waals surface area contributed by atoms with Crippen molar-refractivity contribution in [2.75, 3.05) is 0 Å². The van der Waals surface area contributed by atoms with Gasteiger partial charge < -0.3 is 5.11 Å². The molecule has 1 unspecified atom stereocenters. The largest absolute Gasteiger partial charge is 0.393 e. The van der Waals surface area contributed by atoms with E-state index < -0.39 is 0 Å². The van der Waals surface area contributed by atoms with Crippen molar-refractivity contribution in [3.8, 4) is 0 Å². The lowest BCUT2D eigenvalue weighted by Gasteiger charge is -2.31. The second-order valence-electron chi connectivity index (χ2n) is 5.45. The van der Waals surface area contributed by atoms with Gasteiger partial charge in [0.1, 0.15) is 0 Å². The van der Waals surface area contributed by atoms with Gasteiger partial charge in [-0.2, -0.15) is 0 Å². The van der Waals surface area contributed by atoms with Crippen molar-refractivity contribution in [1.29, 1.82) is 0 Å². The normalized spacial score (nSPS) is 32.0. The Morgan fingerprint density at radius 3 is 2.42 bits per heavy atom. The highest BCUT2D eigenvalue weighted by Crippen LogP contribution is 2.33. The fourth-order valence-corrected chi connectivity index (χ4v) is 2.31. The molecule has 0 saturated heterocycles. The zero-order chi connectivity index (χ0) is 9.19. The Morgan fingerprint density at radius 2 is 1.92 bits per heavy atom. The van der Waals surface area contributed by atoms with Crippen LogP contribution in [0.3, 0.4) is 0 Å². The predicted octanol–water partition coefficient (Wildman–Crippen LogP) is 2.97. The van der Waals surface area contributed by atoms with Crippen LogP contribution in [0, 0.1) is 11.3 Å². The summed E-state index contributed by atoms with van der Waals surface area (Å²) in [6.07, 6.45) is 5.88. The van der Waals surface area contributed by atoms with E-state index in [2.05, 4.69) is 20.8 Å². The van der Waals surface area contributed by atoms with E-state index in [4.69, 9.17) is 0 Å². The summed E-state index contributed by atoms with van der Waals surface area (Å²) in [4.78, 5) is 0. The first-order valence-corrected chi connectivity index (χ1v) is 5.15. The maximum absolute atomic E-state index is 9.48. The van der Waals surface area contributed by atoms with Gasteiger partial charge in [-0.15, -0.1) is 0 Å². The molecule has 1 heteroatoms. The molecule has 1 N–H and O–H groups in total. The maximum Gasteiger partial charge on any atom is 0.0542 e. The van der Waals surface area contributed by atoms with Crippen molar-refractivity contribution in [2.45, 2.75) is 59.0 Å². The Labute approximate surface area is 76.2 Å². The molecule has 0 heterocycles. The summed E-state index contributed by atoms with van der Waals surface area (Å²) in [6, 6.07) is 0. The summed E-state index contributed by atoms with van der Waals surface area (Å²) < 4.78 is 0. The van der Waals surface area contributed by atoms with Gasteiger partial charge in [-0.1, -0.05) is 33.6 Å². The van der Waals surface area contributed by atoms with Crippen LogP contribution in [0.15, 0.2) is 0 Å². The molecule has 0 aromatic rings. The molecule has 0 amide bonds. The lowest BCUT2D eigenvalue weighted by molar-refractivity contribution is 0.0858. The summed E-state index contributed by atoms with van der Waals surface area (Å²) >= 11 is 0. The molecule has 0 aromatic carbocycles. The molecule has 1 nitrogen and oxygen atoms in total. The standard InChI is InChI=1S/C11H22O/c1-11(2,3)8-9-5-4-6-10(12)7-9/h9-10,12H,4-8H2,1-3H3/t9?,10-/m0/s1. The van der Waals surface area contributed by atoms with Crippen molar-refractivity contribution in [3.05, 3.63) is 0 Å². The van der Waals surface area contributed by atoms with E-state index in [1.165, 1.54) is 19.3 Å². The van der Waals surface area contributed by atoms with E-state index in [0.717, 1.165) is 18.8 Å². The Hall–Kier alpha value is -0.0400. The van der Waals surface area contributed by atoms with E-state index in [1.807, 2.05) is 0 Å². The number of rotatable bonds is 1. The third kappa shape index (κ3) is 3.57. The molecule has 1 aliphatic carbocycles. The van der Waals surface area contributed by atoms with Crippen LogP contribution in [0.1, 0.15) is 52.9 Å². The fourth-order valence-electron chi connectivity index (χ4n) is 2.31. The minimum atomic E-state index is -0.00824. The minimum absolute atomic E-state index is 0.00824. The van der Waals surface area contributed by atoms with Crippen LogP contribution in [0.4, 0.5) is 0 Å². The topological polar surface area (TPSA) is 20.2 Å². The average Bonchev–Trinajstić information content (AvgIpc) is 1.82. The SMILES string of the molecule is CC(C)(C)CC1CCC[C@H](O)C1. The molecule has 0 radical (unpaired) electrons. The highest BCUT2D eigenvalue weighted by molar-refractivity contribution is 4.76. The van der Waals surface area contributed by atoms with Crippen LogP contribution in [0.2, 0.25) is 0 Å². The van der Waals surface area contributed by atoms with Crippen LogP contribution >= 0.6 is 0 Å². The molecule has 0 aromatic heterocycles. The number of hydrogen-bond acceptors (Lipinski definition) is 1. The fraction of sp³-hybridized carbons (Fsp3) is 1.00. The van der Waals surface area contributed by atoms with Gasteiger partial charge in [-0.25, -0.2) is 0 Å². The first-order valence-electron chi connectivity index (χ1n) is 5.15. The lowest BCUT2D eigenvalue weighted by atomic mass is 9.77. The van der Waals surface area contributed by atoms with E-state index in [9.17, 15) is 5.11 Å². The highest BCUT2D eigenvalue weighted by atomic mass is 16.3. The van der Waals surface area contributed by atoms with Crippen molar-refractivity contribution in [1.82, 2.24) is 0 Å². The molecule has 12 heavy (non-hydrogen) atoms. The number of aliphatic hydroxyl groups is 1. The summed E-state index contributed by atoms with van der Waals surface area (Å²) in [5.41, 5.74) is 0.432. The first-order chi connectivity index (χ1) is 5.47. The Kier molecular flexibility index (Phi) is 3.16. The van der Waals surface area contributed by atoms with E-state index in [-0.39, 0.29) is 6.10 Å². The monoisotopic (exact) mass is 170 g/mol. The van der Waals surface area contributed by atoms with Gasteiger partial charge in [0.15, 0.2) is 0 Å². The van der Waals surface area contributed by atoms with E-state index in [1.54, 1.807) is 0 Å². The van der Waals surface area contributed by atoms with Gasteiger partial charge in [0, 0.05) is 0 Å². The summed E-state index contributed by atoms with van der Waals surface area (Å²) in [6.45, 7) is 6.86. The third-order valence-electron chi connectivity index (χ3n) is 2.66. The Balaban J connectivity index is 2.32. The average molecular weight is 170 g/mol. The van der Waals surface area contributed by atoms with E-state index in [0.29, 0.717) is 5.41 Å². The quantitative estimate of drug-likeness (QED) is 0.641. The van der Waals surface area contributed by atoms with Crippen LogP contribution in [-0.2, 0) is 0 Å². The summed E-state index contributed by atoms with van der Waals surface area (Å²) in [5, 5.41) is 9.48. The van der Waals surface area contributed by atoms with Crippen molar-refractivity contribution >= 4 is 0 Å². The van der Waals surface area contributed by atoms with Gasteiger partial charge in [-0.3, -0.25) is 0 Å². The van der Waals surface area contributed by atoms with E-state index >= 15 is 0 Å².